The van der Waals surface area contributed by atoms with E-state index in [1.165, 1.54) is 0 Å². The van der Waals surface area contributed by atoms with E-state index in [9.17, 15) is 9.59 Å². The predicted octanol–water partition coefficient (Wildman–Crippen LogP) is 0.881. The SMILES string of the molecule is CCOC(=O)CCNC(=O)Cc1ccc(N)cc1. The van der Waals surface area contributed by atoms with E-state index in [0.717, 1.165) is 5.56 Å². The normalized spacial score (nSPS) is 9.83. The lowest BCUT2D eigenvalue weighted by Crippen LogP contribution is -2.27. The summed E-state index contributed by atoms with van der Waals surface area (Å²) in [5, 5.41) is 2.66. The van der Waals surface area contributed by atoms with Crippen molar-refractivity contribution in [3.8, 4) is 0 Å². The van der Waals surface area contributed by atoms with Gasteiger partial charge in [0.05, 0.1) is 19.4 Å². The number of nitrogens with one attached hydrogen (secondary N) is 1. The highest BCUT2D eigenvalue weighted by Crippen LogP contribution is 2.05. The van der Waals surface area contributed by atoms with Gasteiger partial charge in [-0.2, -0.15) is 0 Å². The van der Waals surface area contributed by atoms with E-state index >= 15 is 0 Å². The molecule has 98 valence electrons. The number of rotatable bonds is 6. The predicted molar refractivity (Wildman–Crippen MR) is 68.8 cm³/mol. The zero-order chi connectivity index (χ0) is 13.4. The van der Waals surface area contributed by atoms with Crippen LogP contribution in [0.4, 0.5) is 5.69 Å². The fourth-order valence-electron chi connectivity index (χ4n) is 1.42. The van der Waals surface area contributed by atoms with Crippen LogP contribution in [0.15, 0.2) is 24.3 Å². The molecule has 0 saturated heterocycles. The summed E-state index contributed by atoms with van der Waals surface area (Å²) < 4.78 is 4.75. The average Bonchev–Trinajstić information content (AvgIpc) is 2.32. The van der Waals surface area contributed by atoms with Gasteiger partial charge in [0.2, 0.25) is 5.91 Å². The van der Waals surface area contributed by atoms with E-state index < -0.39 is 0 Å². The largest absolute Gasteiger partial charge is 0.466 e. The van der Waals surface area contributed by atoms with E-state index in [4.69, 9.17) is 10.5 Å². The van der Waals surface area contributed by atoms with Crippen molar-refractivity contribution >= 4 is 17.6 Å². The number of amides is 1. The number of hydrogen-bond acceptors (Lipinski definition) is 4. The van der Waals surface area contributed by atoms with E-state index in [0.29, 0.717) is 18.8 Å². The number of hydrogen-bond donors (Lipinski definition) is 2. The lowest BCUT2D eigenvalue weighted by Gasteiger charge is -2.05. The molecule has 1 amide bonds. The highest BCUT2D eigenvalue weighted by atomic mass is 16.5. The Morgan fingerprint density at radius 2 is 1.94 bits per heavy atom. The van der Waals surface area contributed by atoms with Crippen LogP contribution < -0.4 is 11.1 Å². The zero-order valence-electron chi connectivity index (χ0n) is 10.4. The van der Waals surface area contributed by atoms with Crippen LogP contribution in [0.1, 0.15) is 18.9 Å². The van der Waals surface area contributed by atoms with Crippen LogP contribution in [0.2, 0.25) is 0 Å². The molecule has 0 atom stereocenters. The highest BCUT2D eigenvalue weighted by Gasteiger charge is 2.05. The molecule has 0 spiro atoms. The molecule has 1 rings (SSSR count). The van der Waals surface area contributed by atoms with Gasteiger partial charge < -0.3 is 15.8 Å². The second-order valence-corrected chi connectivity index (χ2v) is 3.82. The van der Waals surface area contributed by atoms with Gasteiger partial charge in [0.15, 0.2) is 0 Å². The number of carbonyl (C=O) groups is 2. The Kier molecular flexibility index (Phi) is 5.70. The fraction of sp³-hybridized carbons (Fsp3) is 0.385. The first kappa shape index (κ1) is 14.0. The second kappa shape index (κ2) is 7.32. The molecule has 0 bridgehead atoms. The number of benzene rings is 1. The third-order valence-electron chi connectivity index (χ3n) is 2.30. The fourth-order valence-corrected chi connectivity index (χ4v) is 1.42. The summed E-state index contributed by atoms with van der Waals surface area (Å²) >= 11 is 0. The topological polar surface area (TPSA) is 81.4 Å². The van der Waals surface area contributed by atoms with Crippen molar-refractivity contribution in [2.75, 3.05) is 18.9 Å². The molecule has 1 aromatic rings. The van der Waals surface area contributed by atoms with Gasteiger partial charge in [-0.25, -0.2) is 0 Å². The summed E-state index contributed by atoms with van der Waals surface area (Å²) in [6, 6.07) is 7.11. The molecule has 0 fully saturated rings. The molecule has 0 aliphatic rings. The van der Waals surface area contributed by atoms with Gasteiger partial charge in [-0.05, 0) is 24.6 Å². The van der Waals surface area contributed by atoms with Crippen LogP contribution >= 0.6 is 0 Å². The first-order chi connectivity index (χ1) is 8.61. The number of anilines is 1. The van der Waals surface area contributed by atoms with Gasteiger partial charge >= 0.3 is 5.97 Å². The van der Waals surface area contributed by atoms with E-state index in [1.54, 1.807) is 31.2 Å². The highest BCUT2D eigenvalue weighted by molar-refractivity contribution is 5.79. The molecule has 0 aliphatic heterocycles. The van der Waals surface area contributed by atoms with E-state index in [2.05, 4.69) is 5.32 Å². The van der Waals surface area contributed by atoms with Crippen LogP contribution in [0, 0.1) is 0 Å². The van der Waals surface area contributed by atoms with Crippen molar-refractivity contribution in [1.29, 1.82) is 0 Å². The Bertz CT molecular complexity index is 401. The molecule has 5 nitrogen and oxygen atoms in total. The van der Waals surface area contributed by atoms with Crippen molar-refractivity contribution in [1.82, 2.24) is 5.32 Å². The molecular weight excluding hydrogens is 232 g/mol. The third kappa shape index (κ3) is 5.34. The molecule has 0 saturated carbocycles. The molecule has 0 heterocycles. The number of esters is 1. The summed E-state index contributed by atoms with van der Waals surface area (Å²) in [6.45, 7) is 2.41. The Labute approximate surface area is 106 Å². The summed E-state index contributed by atoms with van der Waals surface area (Å²) in [5.41, 5.74) is 7.10. The monoisotopic (exact) mass is 250 g/mol. The van der Waals surface area contributed by atoms with Crippen LogP contribution in [0.5, 0.6) is 0 Å². The van der Waals surface area contributed by atoms with Crippen LogP contribution in [-0.2, 0) is 20.7 Å². The van der Waals surface area contributed by atoms with Crippen molar-refractivity contribution in [2.24, 2.45) is 0 Å². The van der Waals surface area contributed by atoms with Gasteiger partial charge in [-0.15, -0.1) is 0 Å². The molecule has 18 heavy (non-hydrogen) atoms. The maximum Gasteiger partial charge on any atom is 0.307 e. The number of carbonyl (C=O) groups excluding carboxylic acids is 2. The molecule has 0 aromatic heterocycles. The Morgan fingerprint density at radius 3 is 2.56 bits per heavy atom. The summed E-state index contributed by atoms with van der Waals surface area (Å²) in [4.78, 5) is 22.6. The number of nitrogen functional groups attached to an aromatic ring is 1. The van der Waals surface area contributed by atoms with Crippen molar-refractivity contribution in [2.45, 2.75) is 19.8 Å². The minimum atomic E-state index is -0.301. The molecule has 0 aliphatic carbocycles. The molecule has 3 N–H and O–H groups in total. The van der Waals surface area contributed by atoms with Crippen molar-refractivity contribution < 1.29 is 14.3 Å². The minimum Gasteiger partial charge on any atom is -0.466 e. The Hall–Kier alpha value is -2.04. The standard InChI is InChI=1S/C13H18N2O3/c1-2-18-13(17)7-8-15-12(16)9-10-3-5-11(14)6-4-10/h3-6H,2,7-9,14H2,1H3,(H,15,16). The molecule has 1 aromatic carbocycles. The smallest absolute Gasteiger partial charge is 0.307 e. The first-order valence-corrected chi connectivity index (χ1v) is 5.88. The lowest BCUT2D eigenvalue weighted by molar-refractivity contribution is -0.143. The molecule has 0 unspecified atom stereocenters. The minimum absolute atomic E-state index is 0.121. The van der Waals surface area contributed by atoms with Gasteiger partial charge in [0.25, 0.3) is 0 Å². The summed E-state index contributed by atoms with van der Waals surface area (Å²) in [6.07, 6.45) is 0.477. The van der Waals surface area contributed by atoms with E-state index in [1.807, 2.05) is 0 Å². The van der Waals surface area contributed by atoms with Gasteiger partial charge in [-0.1, -0.05) is 12.1 Å². The summed E-state index contributed by atoms with van der Waals surface area (Å²) in [7, 11) is 0. The second-order valence-electron chi connectivity index (χ2n) is 3.82. The molecule has 0 radical (unpaired) electrons. The van der Waals surface area contributed by atoms with Gasteiger partial charge in [0.1, 0.15) is 0 Å². The maximum atomic E-state index is 11.5. The number of ether oxygens (including phenoxy) is 1. The van der Waals surface area contributed by atoms with Crippen molar-refractivity contribution in [3.05, 3.63) is 29.8 Å². The quantitative estimate of drug-likeness (QED) is 0.580. The third-order valence-corrected chi connectivity index (χ3v) is 2.30. The van der Waals surface area contributed by atoms with E-state index in [-0.39, 0.29) is 24.7 Å². The zero-order valence-corrected chi connectivity index (χ0v) is 10.4. The maximum absolute atomic E-state index is 11.5. The Balaban J connectivity index is 2.25. The lowest BCUT2D eigenvalue weighted by atomic mass is 10.1. The van der Waals surface area contributed by atoms with Gasteiger partial charge in [-0.3, -0.25) is 9.59 Å². The molecule has 5 heteroatoms. The summed E-state index contributed by atoms with van der Waals surface area (Å²) in [5.74, 6) is -0.422. The van der Waals surface area contributed by atoms with Crippen molar-refractivity contribution in [3.63, 3.8) is 0 Å². The van der Waals surface area contributed by atoms with Crippen LogP contribution in [-0.4, -0.2) is 25.0 Å². The van der Waals surface area contributed by atoms with Crippen LogP contribution in [0.25, 0.3) is 0 Å². The molecular formula is C13H18N2O3. The first-order valence-electron chi connectivity index (χ1n) is 5.88. The Morgan fingerprint density at radius 1 is 1.28 bits per heavy atom. The van der Waals surface area contributed by atoms with Crippen LogP contribution in [0.3, 0.4) is 0 Å². The van der Waals surface area contributed by atoms with Gasteiger partial charge in [0, 0.05) is 12.2 Å². The number of nitrogens with two attached hydrogens (primary N) is 1. The average molecular weight is 250 g/mol.